The van der Waals surface area contributed by atoms with Crippen LogP contribution >= 0.6 is 0 Å². The van der Waals surface area contributed by atoms with Crippen molar-refractivity contribution in [2.45, 2.75) is 135 Å². The first-order valence-electron chi connectivity index (χ1n) is 16.0. The first-order chi connectivity index (χ1) is 17.7. The molecule has 0 aromatic heterocycles. The molecule has 0 bridgehead atoms. The molecule has 1 aromatic carbocycles. The zero-order valence-corrected chi connectivity index (χ0v) is 23.7. The second-order valence-electron chi connectivity index (χ2n) is 12.7. The van der Waals surface area contributed by atoms with Crippen molar-refractivity contribution in [2.24, 2.45) is 29.6 Å². The molecular formula is C36H54. The van der Waals surface area contributed by atoms with Gasteiger partial charge in [0.05, 0.1) is 0 Å². The highest BCUT2D eigenvalue weighted by atomic mass is 14.4. The molecule has 0 heterocycles. The molecule has 1 aromatic rings. The van der Waals surface area contributed by atoms with Gasteiger partial charge in [0.2, 0.25) is 0 Å². The van der Waals surface area contributed by atoms with Crippen LogP contribution in [0.1, 0.15) is 146 Å². The van der Waals surface area contributed by atoms with Gasteiger partial charge in [-0.25, -0.2) is 0 Å². The molecule has 0 atom stereocenters. The fourth-order valence-electron chi connectivity index (χ4n) is 7.68. The lowest BCUT2D eigenvalue weighted by Crippen LogP contribution is -2.25. The smallest absolute Gasteiger partial charge is 0.0249 e. The SMILES string of the molecule is CCCCC1CCC(c2ccc(C#CC=CC3CCC(C4CCC(CCCC)CC4)CC3)cc2)CC1. The van der Waals surface area contributed by atoms with Gasteiger partial charge in [-0.1, -0.05) is 95.3 Å². The summed E-state index contributed by atoms with van der Waals surface area (Å²) in [7, 11) is 0. The average Bonchev–Trinajstić information content (AvgIpc) is 2.94. The maximum atomic E-state index is 3.39. The summed E-state index contributed by atoms with van der Waals surface area (Å²) in [5.74, 6) is 12.3. The van der Waals surface area contributed by atoms with E-state index >= 15 is 0 Å². The molecule has 0 saturated heterocycles. The summed E-state index contributed by atoms with van der Waals surface area (Å²) in [5, 5.41) is 0. The van der Waals surface area contributed by atoms with E-state index in [0.717, 1.165) is 35.5 Å². The first kappa shape index (κ1) is 27.6. The van der Waals surface area contributed by atoms with Crippen LogP contribution in [0.25, 0.3) is 0 Å². The lowest BCUT2D eigenvalue weighted by atomic mass is 9.68. The van der Waals surface area contributed by atoms with Crippen molar-refractivity contribution < 1.29 is 0 Å². The molecule has 0 heteroatoms. The number of hydrogen-bond acceptors (Lipinski definition) is 0. The summed E-state index contributed by atoms with van der Waals surface area (Å²) < 4.78 is 0. The third-order valence-corrected chi connectivity index (χ3v) is 10.2. The number of benzene rings is 1. The lowest BCUT2D eigenvalue weighted by Gasteiger charge is -2.37. The molecule has 3 fully saturated rings. The van der Waals surface area contributed by atoms with E-state index < -0.39 is 0 Å². The highest BCUT2D eigenvalue weighted by Crippen LogP contribution is 2.42. The van der Waals surface area contributed by atoms with Gasteiger partial charge >= 0.3 is 0 Å². The summed E-state index contributed by atoms with van der Waals surface area (Å²) in [6.07, 6.45) is 30.4. The van der Waals surface area contributed by atoms with Crippen molar-refractivity contribution in [3.8, 4) is 11.8 Å². The minimum Gasteiger partial charge on any atom is -0.0730 e. The second-order valence-corrected chi connectivity index (χ2v) is 12.7. The van der Waals surface area contributed by atoms with E-state index in [0.29, 0.717) is 0 Å². The maximum absolute atomic E-state index is 3.39. The molecule has 3 aliphatic rings. The van der Waals surface area contributed by atoms with Crippen LogP contribution in [0.4, 0.5) is 0 Å². The topological polar surface area (TPSA) is 0 Å². The molecule has 4 rings (SSSR count). The molecule has 0 N–H and O–H groups in total. The Labute approximate surface area is 224 Å². The minimum atomic E-state index is 0.756. The van der Waals surface area contributed by atoms with Crippen LogP contribution in [0.15, 0.2) is 36.4 Å². The van der Waals surface area contributed by atoms with E-state index in [1.54, 1.807) is 0 Å². The summed E-state index contributed by atoms with van der Waals surface area (Å²) in [5.41, 5.74) is 2.70. The molecule has 3 saturated carbocycles. The summed E-state index contributed by atoms with van der Waals surface area (Å²) in [6, 6.07) is 9.20. The van der Waals surface area contributed by atoms with Crippen molar-refractivity contribution in [3.63, 3.8) is 0 Å². The third-order valence-electron chi connectivity index (χ3n) is 10.2. The van der Waals surface area contributed by atoms with Gasteiger partial charge in [-0.15, -0.1) is 0 Å². The van der Waals surface area contributed by atoms with E-state index in [1.165, 1.54) is 127 Å². The molecule has 0 unspecified atom stereocenters. The summed E-state index contributed by atoms with van der Waals surface area (Å²) in [4.78, 5) is 0. The summed E-state index contributed by atoms with van der Waals surface area (Å²) in [6.45, 7) is 4.65. The lowest BCUT2D eigenvalue weighted by molar-refractivity contribution is 0.152. The Morgan fingerprint density at radius 2 is 1.19 bits per heavy atom. The first-order valence-corrected chi connectivity index (χ1v) is 16.0. The standard InChI is InChI=1S/C36H54/c1-3-5-9-29-13-21-33(22-14-29)35-25-17-31(18-26-35)11-7-8-12-32-19-27-36(28-20-32)34-23-15-30(16-24-34)10-6-4-2/h7,11,19-20,27-31,33-35H,3-6,9-10,13-18,21-26H2,1-2H3. The van der Waals surface area contributed by atoms with Gasteiger partial charge in [0, 0.05) is 5.56 Å². The van der Waals surface area contributed by atoms with Gasteiger partial charge in [0.1, 0.15) is 0 Å². The Hall–Kier alpha value is -1.48. The molecular weight excluding hydrogens is 432 g/mol. The second kappa shape index (κ2) is 15.1. The molecule has 198 valence electrons. The zero-order chi connectivity index (χ0) is 25.0. The Bertz CT molecular complexity index is 809. The fraction of sp³-hybridized carbons (Fsp3) is 0.722. The van der Waals surface area contributed by atoms with Gasteiger partial charge in [0.15, 0.2) is 0 Å². The van der Waals surface area contributed by atoms with Gasteiger partial charge in [0.25, 0.3) is 0 Å². The predicted octanol–water partition coefficient (Wildman–Crippen LogP) is 10.9. The molecule has 0 aliphatic heterocycles. The predicted molar refractivity (Wildman–Crippen MR) is 157 cm³/mol. The van der Waals surface area contributed by atoms with Crippen LogP contribution in [0, 0.1) is 41.4 Å². The Kier molecular flexibility index (Phi) is 11.5. The van der Waals surface area contributed by atoms with Crippen LogP contribution in [0.2, 0.25) is 0 Å². The highest BCUT2D eigenvalue weighted by Gasteiger charge is 2.30. The Morgan fingerprint density at radius 1 is 0.667 bits per heavy atom. The van der Waals surface area contributed by atoms with E-state index in [4.69, 9.17) is 0 Å². The van der Waals surface area contributed by atoms with Crippen LogP contribution in [0.3, 0.4) is 0 Å². The van der Waals surface area contributed by atoms with Crippen LogP contribution in [-0.2, 0) is 0 Å². The molecule has 0 amide bonds. The van der Waals surface area contributed by atoms with E-state index in [2.05, 4.69) is 62.1 Å². The number of rotatable bonds is 9. The van der Waals surface area contributed by atoms with Gasteiger partial charge in [-0.3, -0.25) is 0 Å². The van der Waals surface area contributed by atoms with Gasteiger partial charge in [-0.2, -0.15) is 0 Å². The quantitative estimate of drug-likeness (QED) is 0.304. The van der Waals surface area contributed by atoms with Crippen molar-refractivity contribution in [1.82, 2.24) is 0 Å². The van der Waals surface area contributed by atoms with Crippen molar-refractivity contribution >= 4 is 0 Å². The van der Waals surface area contributed by atoms with Crippen LogP contribution in [0.5, 0.6) is 0 Å². The van der Waals surface area contributed by atoms with E-state index in [9.17, 15) is 0 Å². The van der Waals surface area contributed by atoms with Crippen molar-refractivity contribution in [2.75, 3.05) is 0 Å². The van der Waals surface area contributed by atoms with Gasteiger partial charge in [-0.05, 0) is 123 Å². The zero-order valence-electron chi connectivity index (χ0n) is 23.7. The molecule has 0 spiro atoms. The monoisotopic (exact) mass is 486 g/mol. The Morgan fingerprint density at radius 3 is 1.75 bits per heavy atom. The Balaban J connectivity index is 1.15. The molecule has 0 nitrogen and oxygen atoms in total. The highest BCUT2D eigenvalue weighted by molar-refractivity contribution is 5.39. The normalized spacial score (nSPS) is 31.2. The van der Waals surface area contributed by atoms with E-state index in [-0.39, 0.29) is 0 Å². The van der Waals surface area contributed by atoms with E-state index in [1.807, 2.05) is 0 Å². The van der Waals surface area contributed by atoms with Crippen LogP contribution in [-0.4, -0.2) is 0 Å². The van der Waals surface area contributed by atoms with Gasteiger partial charge < -0.3 is 0 Å². The number of unbranched alkanes of at least 4 members (excludes halogenated alkanes) is 2. The fourth-order valence-corrected chi connectivity index (χ4v) is 7.68. The van der Waals surface area contributed by atoms with Crippen molar-refractivity contribution in [3.05, 3.63) is 47.5 Å². The molecule has 0 radical (unpaired) electrons. The third kappa shape index (κ3) is 8.54. The molecule has 36 heavy (non-hydrogen) atoms. The summed E-state index contributed by atoms with van der Waals surface area (Å²) >= 11 is 0. The average molecular weight is 487 g/mol. The van der Waals surface area contributed by atoms with Crippen molar-refractivity contribution in [1.29, 1.82) is 0 Å². The largest absolute Gasteiger partial charge is 0.0730 e. The van der Waals surface area contributed by atoms with Crippen LogP contribution < -0.4 is 0 Å². The molecule has 3 aliphatic carbocycles. The minimum absolute atomic E-state index is 0.756. The number of hydrogen-bond donors (Lipinski definition) is 0. The number of allylic oxidation sites excluding steroid dienone is 2. The maximum Gasteiger partial charge on any atom is 0.0249 e.